The normalized spacial score (nSPS) is 18.1. The van der Waals surface area contributed by atoms with Crippen molar-refractivity contribution in [3.05, 3.63) is 42.2 Å². The Bertz CT molecular complexity index is 1030. The number of dihydropyridines is 1. The lowest BCUT2D eigenvalue weighted by atomic mass is 10.1. The van der Waals surface area contributed by atoms with Crippen molar-refractivity contribution >= 4 is 23.8 Å². The highest BCUT2D eigenvalue weighted by molar-refractivity contribution is 5.94. The van der Waals surface area contributed by atoms with Crippen LogP contribution in [-0.2, 0) is 4.74 Å². The zero-order chi connectivity index (χ0) is 21.0. The third-order valence-corrected chi connectivity index (χ3v) is 5.45. The Balaban J connectivity index is 1.41. The van der Waals surface area contributed by atoms with Gasteiger partial charge in [0.05, 0.1) is 26.0 Å². The zero-order valence-corrected chi connectivity index (χ0v) is 17.2. The smallest absolute Gasteiger partial charge is 0.327 e. The second kappa shape index (κ2) is 8.73. The number of anilines is 2. The van der Waals surface area contributed by atoms with Gasteiger partial charge in [0.1, 0.15) is 6.61 Å². The van der Waals surface area contributed by atoms with Gasteiger partial charge in [-0.05, 0) is 18.2 Å². The number of ether oxygens (including phenoxy) is 2. The topological polar surface area (TPSA) is 92.2 Å². The SMILES string of the molecule is O=C(NC1=CC=NCC1)N1CCOc2cnc(-c3cccc(N4CCOCC4)c3)nc21. The average molecular weight is 420 g/mol. The molecular weight excluding hydrogens is 396 g/mol. The van der Waals surface area contributed by atoms with Crippen LogP contribution in [0.4, 0.5) is 16.3 Å². The Kier molecular flexibility index (Phi) is 5.49. The van der Waals surface area contributed by atoms with Gasteiger partial charge in [-0.1, -0.05) is 12.1 Å². The highest BCUT2D eigenvalue weighted by atomic mass is 16.5. The summed E-state index contributed by atoms with van der Waals surface area (Å²) in [6.45, 7) is 4.67. The van der Waals surface area contributed by atoms with E-state index in [-0.39, 0.29) is 6.03 Å². The van der Waals surface area contributed by atoms with Crippen molar-refractivity contribution < 1.29 is 14.3 Å². The molecule has 0 unspecified atom stereocenters. The number of fused-ring (bicyclic) bond motifs is 1. The number of urea groups is 1. The standard InChI is InChI=1S/C22H24N6O3/c29-22(25-17-4-6-23-7-5-17)28-10-13-31-19-15-24-20(26-21(19)28)16-2-1-3-18(14-16)27-8-11-30-12-9-27/h1-4,6,14-15H,5,7-13H2,(H,25,29). The number of amides is 2. The van der Waals surface area contributed by atoms with Crippen molar-refractivity contribution in [2.24, 2.45) is 4.99 Å². The van der Waals surface area contributed by atoms with Gasteiger partial charge in [0.25, 0.3) is 0 Å². The minimum Gasteiger partial charge on any atom is -0.486 e. The molecule has 1 fully saturated rings. The first kappa shape index (κ1) is 19.5. The van der Waals surface area contributed by atoms with Gasteiger partial charge in [0, 0.05) is 49.2 Å². The molecule has 0 aliphatic carbocycles. The minimum atomic E-state index is -0.224. The Hall–Kier alpha value is -3.46. The Morgan fingerprint density at radius 3 is 2.87 bits per heavy atom. The van der Waals surface area contributed by atoms with E-state index in [0.29, 0.717) is 43.5 Å². The van der Waals surface area contributed by atoms with Crippen molar-refractivity contribution in [3.63, 3.8) is 0 Å². The fourth-order valence-corrected chi connectivity index (χ4v) is 3.80. The molecule has 2 aromatic rings. The lowest BCUT2D eigenvalue weighted by molar-refractivity contribution is 0.122. The maximum absolute atomic E-state index is 12.9. The first-order chi connectivity index (χ1) is 15.3. The quantitative estimate of drug-likeness (QED) is 0.819. The second-order valence-corrected chi connectivity index (χ2v) is 7.46. The maximum Gasteiger partial charge on any atom is 0.327 e. The fourth-order valence-electron chi connectivity index (χ4n) is 3.80. The lowest BCUT2D eigenvalue weighted by Gasteiger charge is -2.29. The van der Waals surface area contributed by atoms with Crippen LogP contribution in [0, 0.1) is 0 Å². The fraction of sp³-hybridized carbons (Fsp3) is 0.364. The molecule has 1 aromatic carbocycles. The number of rotatable bonds is 3. The van der Waals surface area contributed by atoms with E-state index in [1.165, 1.54) is 0 Å². The number of aromatic nitrogens is 2. The lowest BCUT2D eigenvalue weighted by Crippen LogP contribution is -2.44. The van der Waals surface area contributed by atoms with Gasteiger partial charge in [-0.25, -0.2) is 14.8 Å². The van der Waals surface area contributed by atoms with E-state index in [0.717, 1.165) is 43.3 Å². The van der Waals surface area contributed by atoms with Crippen molar-refractivity contribution in [2.75, 3.05) is 55.8 Å². The molecule has 1 saturated heterocycles. The van der Waals surface area contributed by atoms with Crippen LogP contribution in [0.3, 0.4) is 0 Å². The van der Waals surface area contributed by atoms with Gasteiger partial charge in [-0.3, -0.25) is 9.89 Å². The molecule has 2 amide bonds. The average Bonchev–Trinajstić information content (AvgIpc) is 2.84. The van der Waals surface area contributed by atoms with Gasteiger partial charge >= 0.3 is 6.03 Å². The van der Waals surface area contributed by atoms with Crippen LogP contribution in [0.1, 0.15) is 6.42 Å². The van der Waals surface area contributed by atoms with E-state index < -0.39 is 0 Å². The second-order valence-electron chi connectivity index (χ2n) is 7.46. The summed E-state index contributed by atoms with van der Waals surface area (Å²) in [5.74, 6) is 1.55. The van der Waals surface area contributed by atoms with Gasteiger partial charge in [-0.15, -0.1) is 0 Å². The first-order valence-corrected chi connectivity index (χ1v) is 10.5. The number of aliphatic imine (C=N–C) groups is 1. The molecule has 9 nitrogen and oxygen atoms in total. The third-order valence-electron chi connectivity index (χ3n) is 5.45. The Morgan fingerprint density at radius 1 is 1.13 bits per heavy atom. The molecule has 0 saturated carbocycles. The largest absolute Gasteiger partial charge is 0.486 e. The molecule has 1 N–H and O–H groups in total. The number of nitrogens with one attached hydrogen (secondary N) is 1. The molecular formula is C22H24N6O3. The molecule has 0 bridgehead atoms. The molecule has 5 rings (SSSR count). The van der Waals surface area contributed by atoms with E-state index in [1.807, 2.05) is 18.2 Å². The summed E-state index contributed by atoms with van der Waals surface area (Å²) in [7, 11) is 0. The van der Waals surface area contributed by atoms with Crippen LogP contribution < -0.4 is 19.9 Å². The van der Waals surface area contributed by atoms with Gasteiger partial charge in [-0.2, -0.15) is 0 Å². The molecule has 1 aromatic heterocycles. The summed E-state index contributed by atoms with van der Waals surface area (Å²) >= 11 is 0. The maximum atomic E-state index is 12.9. The summed E-state index contributed by atoms with van der Waals surface area (Å²) in [4.78, 5) is 30.2. The monoisotopic (exact) mass is 420 g/mol. The highest BCUT2D eigenvalue weighted by Crippen LogP contribution is 2.32. The Labute approximate surface area is 180 Å². The van der Waals surface area contributed by atoms with Crippen LogP contribution in [0.15, 0.2) is 47.2 Å². The number of hydrogen-bond acceptors (Lipinski definition) is 7. The molecule has 0 atom stereocenters. The summed E-state index contributed by atoms with van der Waals surface area (Å²) < 4.78 is 11.2. The first-order valence-electron chi connectivity index (χ1n) is 10.5. The number of carbonyl (C=O) groups excluding carboxylic acids is 1. The van der Waals surface area contributed by atoms with Gasteiger partial charge in [0.2, 0.25) is 0 Å². The van der Waals surface area contributed by atoms with Crippen molar-refractivity contribution in [1.82, 2.24) is 15.3 Å². The summed E-state index contributed by atoms with van der Waals surface area (Å²) in [6.07, 6.45) is 5.90. The molecule has 9 heteroatoms. The van der Waals surface area contributed by atoms with Crippen LogP contribution in [0.5, 0.6) is 5.75 Å². The summed E-state index contributed by atoms with van der Waals surface area (Å²) in [5.41, 5.74) is 2.85. The molecule has 4 heterocycles. The molecule has 0 spiro atoms. The van der Waals surface area contributed by atoms with Crippen LogP contribution in [0.25, 0.3) is 11.4 Å². The van der Waals surface area contributed by atoms with E-state index in [1.54, 1.807) is 17.3 Å². The van der Waals surface area contributed by atoms with Gasteiger partial charge in [0.15, 0.2) is 17.4 Å². The van der Waals surface area contributed by atoms with E-state index in [9.17, 15) is 4.79 Å². The number of morpholine rings is 1. The molecule has 0 radical (unpaired) electrons. The number of hydrogen-bond donors (Lipinski definition) is 1. The summed E-state index contributed by atoms with van der Waals surface area (Å²) in [5, 5.41) is 2.96. The molecule has 160 valence electrons. The molecule has 31 heavy (non-hydrogen) atoms. The van der Waals surface area contributed by atoms with E-state index in [4.69, 9.17) is 14.5 Å². The number of carbonyl (C=O) groups is 1. The number of nitrogens with zero attached hydrogens (tertiary/aromatic N) is 5. The van der Waals surface area contributed by atoms with Crippen LogP contribution in [0.2, 0.25) is 0 Å². The number of benzene rings is 1. The van der Waals surface area contributed by atoms with Crippen molar-refractivity contribution in [3.8, 4) is 17.1 Å². The predicted octanol–water partition coefficient (Wildman–Crippen LogP) is 2.25. The van der Waals surface area contributed by atoms with Gasteiger partial charge < -0.3 is 19.7 Å². The van der Waals surface area contributed by atoms with E-state index in [2.05, 4.69) is 32.3 Å². The zero-order valence-electron chi connectivity index (χ0n) is 17.2. The Morgan fingerprint density at radius 2 is 2.03 bits per heavy atom. The highest BCUT2D eigenvalue weighted by Gasteiger charge is 2.27. The van der Waals surface area contributed by atoms with Crippen molar-refractivity contribution in [2.45, 2.75) is 6.42 Å². The number of allylic oxidation sites excluding steroid dienone is 1. The van der Waals surface area contributed by atoms with Crippen LogP contribution in [-0.4, -0.2) is 68.2 Å². The molecule has 3 aliphatic rings. The summed E-state index contributed by atoms with van der Waals surface area (Å²) in [6, 6.07) is 7.91. The minimum absolute atomic E-state index is 0.224. The predicted molar refractivity (Wildman–Crippen MR) is 118 cm³/mol. The van der Waals surface area contributed by atoms with E-state index >= 15 is 0 Å². The van der Waals surface area contributed by atoms with Crippen molar-refractivity contribution in [1.29, 1.82) is 0 Å². The van der Waals surface area contributed by atoms with Crippen LogP contribution >= 0.6 is 0 Å². The molecule has 3 aliphatic heterocycles. The third kappa shape index (κ3) is 4.22.